The van der Waals surface area contributed by atoms with E-state index >= 15 is 0 Å². The van der Waals surface area contributed by atoms with Crippen molar-refractivity contribution in [3.8, 4) is 0 Å². The molecule has 1 aromatic heterocycles. The van der Waals surface area contributed by atoms with Crippen LogP contribution in [0.25, 0.3) is 0 Å². The summed E-state index contributed by atoms with van der Waals surface area (Å²) in [6.45, 7) is 4.23. The van der Waals surface area contributed by atoms with Gasteiger partial charge in [0.2, 0.25) is 0 Å². The first kappa shape index (κ1) is 11.3. The standard InChI is InChI=1S/C11H21N3/c1-4-11(14(2)3)9-13-8-10-5-6-12-7-10/h5-7,11-13H,4,8-9H2,1-3H3. The highest BCUT2D eigenvalue weighted by molar-refractivity contribution is 5.07. The summed E-state index contributed by atoms with van der Waals surface area (Å²) in [4.78, 5) is 5.32. The number of hydrogen-bond donors (Lipinski definition) is 2. The summed E-state index contributed by atoms with van der Waals surface area (Å²) < 4.78 is 0. The Bertz CT molecular complexity index is 229. The lowest BCUT2D eigenvalue weighted by Gasteiger charge is -2.23. The lowest BCUT2D eigenvalue weighted by Crippen LogP contribution is -2.37. The van der Waals surface area contributed by atoms with Crippen LogP contribution in [0, 0.1) is 0 Å². The Morgan fingerprint density at radius 1 is 1.50 bits per heavy atom. The maximum absolute atomic E-state index is 3.46. The summed E-state index contributed by atoms with van der Waals surface area (Å²) in [5.74, 6) is 0. The monoisotopic (exact) mass is 195 g/mol. The van der Waals surface area contributed by atoms with Gasteiger partial charge in [-0.05, 0) is 32.1 Å². The van der Waals surface area contributed by atoms with Gasteiger partial charge in [-0.25, -0.2) is 0 Å². The lowest BCUT2D eigenvalue weighted by molar-refractivity contribution is 0.276. The third-order valence-electron chi connectivity index (χ3n) is 2.57. The quantitative estimate of drug-likeness (QED) is 0.719. The molecule has 0 aromatic carbocycles. The van der Waals surface area contributed by atoms with Crippen molar-refractivity contribution in [3.05, 3.63) is 24.0 Å². The zero-order chi connectivity index (χ0) is 10.4. The van der Waals surface area contributed by atoms with Gasteiger partial charge in [-0.2, -0.15) is 0 Å². The summed E-state index contributed by atoms with van der Waals surface area (Å²) in [6.07, 6.45) is 5.18. The van der Waals surface area contributed by atoms with Crippen LogP contribution in [0.15, 0.2) is 18.5 Å². The molecule has 3 heteroatoms. The Kier molecular flexibility index (Phi) is 4.70. The van der Waals surface area contributed by atoms with Crippen molar-refractivity contribution in [2.24, 2.45) is 0 Å². The van der Waals surface area contributed by atoms with Crippen molar-refractivity contribution >= 4 is 0 Å². The molecule has 3 nitrogen and oxygen atoms in total. The summed E-state index contributed by atoms with van der Waals surface area (Å²) in [5.41, 5.74) is 1.32. The minimum atomic E-state index is 0.633. The van der Waals surface area contributed by atoms with Crippen molar-refractivity contribution in [3.63, 3.8) is 0 Å². The van der Waals surface area contributed by atoms with Crippen LogP contribution in [0.2, 0.25) is 0 Å². The molecule has 1 aromatic rings. The molecule has 0 bridgehead atoms. The molecule has 0 aliphatic heterocycles. The van der Waals surface area contributed by atoms with Crippen molar-refractivity contribution in [2.45, 2.75) is 25.9 Å². The zero-order valence-electron chi connectivity index (χ0n) is 9.38. The van der Waals surface area contributed by atoms with E-state index in [9.17, 15) is 0 Å². The second-order valence-corrected chi connectivity index (χ2v) is 3.88. The van der Waals surface area contributed by atoms with Gasteiger partial charge in [-0.1, -0.05) is 6.92 Å². The predicted molar refractivity (Wildman–Crippen MR) is 60.3 cm³/mol. The van der Waals surface area contributed by atoms with Gasteiger partial charge in [0.25, 0.3) is 0 Å². The molecule has 0 amide bonds. The molecule has 1 unspecified atom stereocenters. The van der Waals surface area contributed by atoms with Gasteiger partial charge in [0.05, 0.1) is 0 Å². The fourth-order valence-corrected chi connectivity index (χ4v) is 1.54. The molecule has 1 heterocycles. The first-order valence-corrected chi connectivity index (χ1v) is 5.22. The number of H-pyrrole nitrogens is 1. The molecule has 2 N–H and O–H groups in total. The largest absolute Gasteiger partial charge is 0.367 e. The minimum Gasteiger partial charge on any atom is -0.367 e. The molecule has 0 radical (unpaired) electrons. The van der Waals surface area contributed by atoms with Gasteiger partial charge in [0, 0.05) is 31.5 Å². The number of rotatable bonds is 6. The van der Waals surface area contributed by atoms with Crippen LogP contribution < -0.4 is 5.32 Å². The minimum absolute atomic E-state index is 0.633. The lowest BCUT2D eigenvalue weighted by atomic mass is 10.2. The average molecular weight is 195 g/mol. The maximum atomic E-state index is 3.46. The van der Waals surface area contributed by atoms with Crippen LogP contribution >= 0.6 is 0 Å². The van der Waals surface area contributed by atoms with Crippen molar-refractivity contribution < 1.29 is 0 Å². The van der Waals surface area contributed by atoms with E-state index in [0.717, 1.165) is 13.1 Å². The molecule has 0 aliphatic carbocycles. The van der Waals surface area contributed by atoms with E-state index in [1.54, 1.807) is 0 Å². The van der Waals surface area contributed by atoms with Crippen LogP contribution in [-0.4, -0.2) is 36.6 Å². The summed E-state index contributed by atoms with van der Waals surface area (Å²) >= 11 is 0. The van der Waals surface area contributed by atoms with Crippen molar-refractivity contribution in [2.75, 3.05) is 20.6 Å². The Balaban J connectivity index is 2.20. The fraction of sp³-hybridized carbons (Fsp3) is 0.636. The molecular weight excluding hydrogens is 174 g/mol. The SMILES string of the molecule is CCC(CNCc1cc[nH]c1)N(C)C. The maximum Gasteiger partial charge on any atom is 0.0221 e. The van der Waals surface area contributed by atoms with Crippen LogP contribution in [0.1, 0.15) is 18.9 Å². The van der Waals surface area contributed by atoms with Crippen molar-refractivity contribution in [1.82, 2.24) is 15.2 Å². The molecule has 80 valence electrons. The Hall–Kier alpha value is -0.800. The normalized spacial score (nSPS) is 13.4. The highest BCUT2D eigenvalue weighted by Crippen LogP contribution is 1.99. The van der Waals surface area contributed by atoms with Gasteiger partial charge < -0.3 is 15.2 Å². The van der Waals surface area contributed by atoms with Gasteiger partial charge in [-0.15, -0.1) is 0 Å². The second kappa shape index (κ2) is 5.83. The highest BCUT2D eigenvalue weighted by Gasteiger charge is 2.07. The van der Waals surface area contributed by atoms with E-state index in [2.05, 4.69) is 42.3 Å². The molecule has 0 fully saturated rings. The number of aromatic amines is 1. The third-order valence-corrected chi connectivity index (χ3v) is 2.57. The van der Waals surface area contributed by atoms with E-state index in [4.69, 9.17) is 0 Å². The molecule has 0 aliphatic rings. The topological polar surface area (TPSA) is 31.1 Å². The summed E-state index contributed by atoms with van der Waals surface area (Å²) in [5, 5.41) is 3.46. The Morgan fingerprint density at radius 2 is 2.29 bits per heavy atom. The highest BCUT2D eigenvalue weighted by atomic mass is 15.1. The number of hydrogen-bond acceptors (Lipinski definition) is 2. The van der Waals surface area contributed by atoms with E-state index in [1.807, 2.05) is 12.4 Å². The van der Waals surface area contributed by atoms with Gasteiger partial charge >= 0.3 is 0 Å². The molecule has 0 spiro atoms. The first-order chi connectivity index (χ1) is 6.74. The van der Waals surface area contributed by atoms with Crippen LogP contribution in [0.4, 0.5) is 0 Å². The average Bonchev–Trinajstić information content (AvgIpc) is 2.64. The van der Waals surface area contributed by atoms with E-state index in [-0.39, 0.29) is 0 Å². The predicted octanol–water partition coefficient (Wildman–Crippen LogP) is 1.44. The van der Waals surface area contributed by atoms with E-state index in [1.165, 1.54) is 12.0 Å². The molecule has 1 atom stereocenters. The van der Waals surface area contributed by atoms with E-state index < -0.39 is 0 Å². The number of aromatic nitrogens is 1. The number of nitrogens with one attached hydrogen (secondary N) is 2. The number of nitrogens with zero attached hydrogens (tertiary/aromatic N) is 1. The third kappa shape index (κ3) is 3.52. The smallest absolute Gasteiger partial charge is 0.0221 e. The molecule has 1 rings (SSSR count). The summed E-state index contributed by atoms with van der Waals surface area (Å²) in [7, 11) is 4.26. The van der Waals surface area contributed by atoms with Gasteiger partial charge in [0.1, 0.15) is 0 Å². The van der Waals surface area contributed by atoms with Crippen LogP contribution in [-0.2, 0) is 6.54 Å². The molecule has 0 saturated heterocycles. The molecule has 14 heavy (non-hydrogen) atoms. The first-order valence-electron chi connectivity index (χ1n) is 5.22. The van der Waals surface area contributed by atoms with Gasteiger partial charge in [-0.3, -0.25) is 0 Å². The second-order valence-electron chi connectivity index (χ2n) is 3.88. The van der Waals surface area contributed by atoms with Gasteiger partial charge in [0.15, 0.2) is 0 Å². The van der Waals surface area contributed by atoms with Crippen LogP contribution in [0.3, 0.4) is 0 Å². The number of likely N-dealkylation sites (N-methyl/N-ethyl adjacent to an activating group) is 1. The molecular formula is C11H21N3. The van der Waals surface area contributed by atoms with Crippen molar-refractivity contribution in [1.29, 1.82) is 0 Å². The summed E-state index contributed by atoms with van der Waals surface area (Å²) in [6, 6.07) is 2.73. The zero-order valence-corrected chi connectivity index (χ0v) is 9.38. The fourth-order valence-electron chi connectivity index (χ4n) is 1.54. The Morgan fingerprint density at radius 3 is 2.79 bits per heavy atom. The Labute approximate surface area is 86.5 Å². The van der Waals surface area contributed by atoms with E-state index in [0.29, 0.717) is 6.04 Å². The molecule has 0 saturated carbocycles. The van der Waals surface area contributed by atoms with Crippen LogP contribution in [0.5, 0.6) is 0 Å².